The number of aromatic nitrogens is 1. The number of carbonyl (C=O) groups is 2. The average Bonchev–Trinajstić information content (AvgIpc) is 3.33. The van der Waals surface area contributed by atoms with Gasteiger partial charge in [-0.15, -0.1) is 0 Å². The summed E-state index contributed by atoms with van der Waals surface area (Å²) in [4.78, 5) is 32.8. The number of aliphatic hydroxyl groups excluding tert-OH is 1. The van der Waals surface area contributed by atoms with Crippen LogP contribution >= 0.6 is 22.9 Å². The Hall–Kier alpha value is -3.48. The third-order valence-electron chi connectivity index (χ3n) is 5.96. The van der Waals surface area contributed by atoms with Gasteiger partial charge in [0.15, 0.2) is 5.13 Å². The van der Waals surface area contributed by atoms with Crippen LogP contribution in [0.1, 0.15) is 33.9 Å². The zero-order valence-corrected chi connectivity index (χ0v) is 20.4. The maximum atomic E-state index is 13.4. The molecule has 0 aliphatic carbocycles. The summed E-state index contributed by atoms with van der Waals surface area (Å²) in [6.45, 7) is 5.91. The molecule has 170 valence electrons. The number of aryl methyl sites for hydroxylation is 3. The zero-order chi connectivity index (χ0) is 24.1. The van der Waals surface area contributed by atoms with Crippen molar-refractivity contribution in [1.29, 1.82) is 0 Å². The van der Waals surface area contributed by atoms with Gasteiger partial charge in [-0.2, -0.15) is 0 Å². The van der Waals surface area contributed by atoms with Crippen LogP contribution in [0, 0.1) is 20.8 Å². The maximum absolute atomic E-state index is 13.4. The van der Waals surface area contributed by atoms with Crippen LogP contribution in [0.4, 0.5) is 5.13 Å². The van der Waals surface area contributed by atoms with E-state index in [-0.39, 0.29) is 11.3 Å². The quantitative estimate of drug-likeness (QED) is 0.203. The van der Waals surface area contributed by atoms with E-state index in [1.165, 1.54) is 16.2 Å². The Morgan fingerprint density at radius 2 is 1.74 bits per heavy atom. The molecule has 0 saturated carbocycles. The number of fused-ring (bicyclic) bond motifs is 1. The summed E-state index contributed by atoms with van der Waals surface area (Å²) in [6, 6.07) is 17.3. The van der Waals surface area contributed by atoms with Gasteiger partial charge in [0.2, 0.25) is 0 Å². The lowest BCUT2D eigenvalue weighted by Gasteiger charge is -2.23. The first kappa shape index (κ1) is 22.3. The van der Waals surface area contributed by atoms with Crippen LogP contribution in [0.15, 0.2) is 66.2 Å². The van der Waals surface area contributed by atoms with Crippen LogP contribution in [0.3, 0.4) is 0 Å². The molecule has 1 N–H and O–H groups in total. The molecule has 1 amide bonds. The SMILES string of the molecule is Cc1ccc(/C(O)=C2\C(=O)C(=O)N(c3nc4c(C)cc(C)cc4s3)C2c2cccc(Cl)c2)cc1. The van der Waals surface area contributed by atoms with Gasteiger partial charge in [0.05, 0.1) is 21.8 Å². The minimum absolute atomic E-state index is 0.0169. The highest BCUT2D eigenvalue weighted by atomic mass is 35.5. The molecule has 0 bridgehead atoms. The molecule has 2 heterocycles. The van der Waals surface area contributed by atoms with Crippen molar-refractivity contribution in [1.82, 2.24) is 4.98 Å². The summed E-state index contributed by atoms with van der Waals surface area (Å²) in [6.07, 6.45) is 0. The second-order valence-electron chi connectivity index (χ2n) is 8.52. The summed E-state index contributed by atoms with van der Waals surface area (Å²) < 4.78 is 0.928. The number of carbonyl (C=O) groups excluding carboxylic acids is 2. The number of nitrogens with zero attached hydrogens (tertiary/aromatic N) is 2. The summed E-state index contributed by atoms with van der Waals surface area (Å²) in [5.74, 6) is -1.71. The number of amides is 1. The number of thiazole rings is 1. The van der Waals surface area contributed by atoms with E-state index in [0.717, 1.165) is 26.9 Å². The topological polar surface area (TPSA) is 70.5 Å². The van der Waals surface area contributed by atoms with Gasteiger partial charge < -0.3 is 5.11 Å². The number of Topliss-reactive ketones (excluding diaryl/α,β-unsaturated/α-hetero) is 1. The van der Waals surface area contributed by atoms with Crippen LogP contribution in [-0.2, 0) is 9.59 Å². The van der Waals surface area contributed by atoms with Crippen molar-refractivity contribution in [2.24, 2.45) is 0 Å². The van der Waals surface area contributed by atoms with Gasteiger partial charge in [0.1, 0.15) is 5.76 Å². The van der Waals surface area contributed by atoms with Crippen molar-refractivity contribution in [3.8, 4) is 0 Å². The van der Waals surface area contributed by atoms with Gasteiger partial charge in [-0.3, -0.25) is 14.5 Å². The Balaban J connectivity index is 1.75. The van der Waals surface area contributed by atoms with Gasteiger partial charge in [0.25, 0.3) is 5.78 Å². The summed E-state index contributed by atoms with van der Waals surface area (Å²) in [7, 11) is 0. The number of halogens is 1. The fourth-order valence-electron chi connectivity index (χ4n) is 4.35. The van der Waals surface area contributed by atoms with Crippen LogP contribution < -0.4 is 4.90 Å². The predicted octanol–water partition coefficient (Wildman–Crippen LogP) is 6.50. The molecule has 1 atom stereocenters. The molecular weight excluding hydrogens is 468 g/mol. The van der Waals surface area contributed by atoms with Gasteiger partial charge in [-0.25, -0.2) is 4.98 Å². The molecule has 1 saturated heterocycles. The summed E-state index contributed by atoms with van der Waals surface area (Å²) >= 11 is 7.62. The Kier molecular flexibility index (Phi) is 5.50. The lowest BCUT2D eigenvalue weighted by Crippen LogP contribution is -2.29. The second-order valence-corrected chi connectivity index (χ2v) is 9.96. The van der Waals surface area contributed by atoms with Crippen LogP contribution in [0.2, 0.25) is 5.02 Å². The van der Waals surface area contributed by atoms with Crippen LogP contribution in [-0.4, -0.2) is 21.8 Å². The Morgan fingerprint density at radius 1 is 1.00 bits per heavy atom. The smallest absolute Gasteiger partial charge is 0.301 e. The number of hydrogen-bond acceptors (Lipinski definition) is 5. The lowest BCUT2D eigenvalue weighted by atomic mass is 9.95. The van der Waals surface area contributed by atoms with Crippen LogP contribution in [0.25, 0.3) is 16.0 Å². The molecule has 7 heteroatoms. The molecule has 3 aromatic carbocycles. The minimum Gasteiger partial charge on any atom is -0.507 e. The largest absolute Gasteiger partial charge is 0.507 e. The van der Waals surface area contributed by atoms with E-state index in [1.54, 1.807) is 36.4 Å². The van der Waals surface area contributed by atoms with E-state index >= 15 is 0 Å². The fourth-order valence-corrected chi connectivity index (χ4v) is 5.72. The number of rotatable bonds is 3. The molecule has 1 aliphatic heterocycles. The average molecular weight is 489 g/mol. The molecule has 0 spiro atoms. The lowest BCUT2D eigenvalue weighted by molar-refractivity contribution is -0.132. The highest BCUT2D eigenvalue weighted by Crippen LogP contribution is 2.45. The molecule has 5 rings (SSSR count). The number of hydrogen-bond donors (Lipinski definition) is 1. The van der Waals surface area contributed by atoms with Crippen molar-refractivity contribution >= 4 is 55.7 Å². The first-order valence-electron chi connectivity index (χ1n) is 10.8. The number of anilines is 1. The van der Waals surface area contributed by atoms with Crippen molar-refractivity contribution in [2.45, 2.75) is 26.8 Å². The monoisotopic (exact) mass is 488 g/mol. The minimum atomic E-state index is -0.859. The van der Waals surface area contributed by atoms with Crippen LogP contribution in [0.5, 0.6) is 0 Å². The first-order chi connectivity index (χ1) is 16.2. The molecule has 1 aromatic heterocycles. The van der Waals surface area contributed by atoms with E-state index in [9.17, 15) is 14.7 Å². The predicted molar refractivity (Wildman–Crippen MR) is 137 cm³/mol. The van der Waals surface area contributed by atoms with E-state index in [1.807, 2.05) is 45.0 Å². The molecule has 0 radical (unpaired) electrons. The van der Waals surface area contributed by atoms with E-state index < -0.39 is 17.7 Å². The summed E-state index contributed by atoms with van der Waals surface area (Å²) in [5.41, 5.74) is 4.99. The highest BCUT2D eigenvalue weighted by molar-refractivity contribution is 7.22. The normalized spacial score (nSPS) is 17.6. The molecule has 1 aliphatic rings. The molecule has 5 nitrogen and oxygen atoms in total. The van der Waals surface area contributed by atoms with E-state index in [4.69, 9.17) is 16.6 Å². The van der Waals surface area contributed by atoms with Crippen molar-refractivity contribution in [2.75, 3.05) is 4.90 Å². The Bertz CT molecular complexity index is 1500. The fraction of sp³-hybridized carbons (Fsp3) is 0.148. The van der Waals surface area contributed by atoms with Gasteiger partial charge in [-0.1, -0.05) is 71.0 Å². The maximum Gasteiger partial charge on any atom is 0.301 e. The first-order valence-corrected chi connectivity index (χ1v) is 12.0. The molecule has 34 heavy (non-hydrogen) atoms. The highest BCUT2D eigenvalue weighted by Gasteiger charge is 2.48. The number of benzene rings is 3. The van der Waals surface area contributed by atoms with E-state index in [0.29, 0.717) is 21.3 Å². The third-order valence-corrected chi connectivity index (χ3v) is 7.20. The molecular formula is C27H21ClN2O3S. The number of aliphatic hydroxyl groups is 1. The molecule has 1 fully saturated rings. The van der Waals surface area contributed by atoms with Gasteiger partial charge in [-0.05, 0) is 55.7 Å². The van der Waals surface area contributed by atoms with E-state index in [2.05, 4.69) is 0 Å². The standard InChI is InChI=1S/C27H21ClN2O3S/c1-14-7-9-17(10-8-14)24(31)21-23(18-5-4-6-19(28)13-18)30(26(33)25(21)32)27-29-22-16(3)11-15(2)12-20(22)34-27/h4-13,23,31H,1-3H3/b24-21+. The molecule has 4 aromatic rings. The molecule has 1 unspecified atom stereocenters. The van der Waals surface area contributed by atoms with Gasteiger partial charge in [0, 0.05) is 10.6 Å². The Labute approximate surface area is 205 Å². The number of ketones is 1. The Morgan fingerprint density at radius 3 is 2.44 bits per heavy atom. The zero-order valence-electron chi connectivity index (χ0n) is 18.8. The van der Waals surface area contributed by atoms with Crippen molar-refractivity contribution < 1.29 is 14.7 Å². The summed E-state index contributed by atoms with van der Waals surface area (Å²) in [5, 5.41) is 12.1. The third kappa shape index (κ3) is 3.69. The second kappa shape index (κ2) is 8.38. The van der Waals surface area contributed by atoms with Gasteiger partial charge >= 0.3 is 5.91 Å². The van der Waals surface area contributed by atoms with Crippen molar-refractivity contribution in [3.05, 3.63) is 99.1 Å². The van der Waals surface area contributed by atoms with Crippen molar-refractivity contribution in [3.63, 3.8) is 0 Å².